The van der Waals surface area contributed by atoms with Crippen molar-refractivity contribution in [1.82, 2.24) is 9.97 Å². The first-order chi connectivity index (χ1) is 8.26. The monoisotopic (exact) mass is 234 g/mol. The molecule has 0 radical (unpaired) electrons. The van der Waals surface area contributed by atoms with Gasteiger partial charge in [-0.1, -0.05) is 13.8 Å². The molecule has 0 spiro atoms. The maximum atomic E-state index is 5.93. The van der Waals surface area contributed by atoms with E-state index in [1.807, 2.05) is 0 Å². The van der Waals surface area contributed by atoms with E-state index >= 15 is 0 Å². The standard InChI is InChI=1S/C13H22N4/c1-3-7-17(8-10-5-6-10)13-11(4-2)12(14)15-9-16-13/h9-10H,3-8H2,1-2H3,(H2,14,15,16). The van der Waals surface area contributed by atoms with Crippen LogP contribution in [0.4, 0.5) is 11.6 Å². The van der Waals surface area contributed by atoms with E-state index in [4.69, 9.17) is 5.73 Å². The Labute approximate surface area is 103 Å². The highest BCUT2D eigenvalue weighted by atomic mass is 15.2. The van der Waals surface area contributed by atoms with E-state index in [1.54, 1.807) is 6.33 Å². The van der Waals surface area contributed by atoms with Gasteiger partial charge in [0.15, 0.2) is 0 Å². The van der Waals surface area contributed by atoms with Crippen LogP contribution in [0.3, 0.4) is 0 Å². The summed E-state index contributed by atoms with van der Waals surface area (Å²) >= 11 is 0. The zero-order valence-corrected chi connectivity index (χ0v) is 10.8. The molecule has 4 nitrogen and oxygen atoms in total. The first-order valence-electron chi connectivity index (χ1n) is 6.60. The van der Waals surface area contributed by atoms with Gasteiger partial charge in [-0.3, -0.25) is 0 Å². The summed E-state index contributed by atoms with van der Waals surface area (Å²) in [5.74, 6) is 2.55. The second kappa shape index (κ2) is 5.34. The fraction of sp³-hybridized carbons (Fsp3) is 0.692. The summed E-state index contributed by atoms with van der Waals surface area (Å²) in [5.41, 5.74) is 7.03. The number of aromatic nitrogens is 2. The molecule has 0 bridgehead atoms. The maximum absolute atomic E-state index is 5.93. The minimum absolute atomic E-state index is 0.634. The molecule has 1 heterocycles. The van der Waals surface area contributed by atoms with Crippen molar-refractivity contribution in [2.75, 3.05) is 23.7 Å². The molecule has 1 saturated carbocycles. The summed E-state index contributed by atoms with van der Waals surface area (Å²) in [6, 6.07) is 0. The number of nitrogens with two attached hydrogens (primary N) is 1. The van der Waals surface area contributed by atoms with Gasteiger partial charge in [-0.05, 0) is 31.6 Å². The number of nitrogens with zero attached hydrogens (tertiary/aromatic N) is 3. The van der Waals surface area contributed by atoms with Crippen LogP contribution < -0.4 is 10.6 Å². The number of nitrogen functional groups attached to an aromatic ring is 1. The van der Waals surface area contributed by atoms with Crippen molar-refractivity contribution in [2.45, 2.75) is 39.5 Å². The Morgan fingerprint density at radius 3 is 2.71 bits per heavy atom. The molecule has 0 aromatic carbocycles. The van der Waals surface area contributed by atoms with Crippen LogP contribution in [0.2, 0.25) is 0 Å². The van der Waals surface area contributed by atoms with Gasteiger partial charge in [0.1, 0.15) is 18.0 Å². The minimum atomic E-state index is 0.634. The SMILES string of the molecule is CCCN(CC1CC1)c1ncnc(N)c1CC. The molecule has 1 aromatic rings. The Bertz CT molecular complexity index is 374. The maximum Gasteiger partial charge on any atom is 0.137 e. The molecule has 0 amide bonds. The van der Waals surface area contributed by atoms with Crippen LogP contribution in [0.25, 0.3) is 0 Å². The van der Waals surface area contributed by atoms with Crippen LogP contribution in [0, 0.1) is 5.92 Å². The molecular formula is C13H22N4. The molecule has 0 atom stereocenters. The quantitative estimate of drug-likeness (QED) is 0.820. The van der Waals surface area contributed by atoms with Crippen LogP contribution in [0.15, 0.2) is 6.33 Å². The van der Waals surface area contributed by atoms with Gasteiger partial charge in [-0.15, -0.1) is 0 Å². The van der Waals surface area contributed by atoms with Crippen LogP contribution in [-0.2, 0) is 6.42 Å². The zero-order valence-electron chi connectivity index (χ0n) is 10.8. The average molecular weight is 234 g/mol. The third-order valence-electron chi connectivity index (χ3n) is 3.28. The smallest absolute Gasteiger partial charge is 0.137 e. The lowest BCUT2D eigenvalue weighted by molar-refractivity contribution is 0.694. The Balaban J connectivity index is 2.23. The average Bonchev–Trinajstić information content (AvgIpc) is 3.12. The van der Waals surface area contributed by atoms with Crippen LogP contribution in [0.5, 0.6) is 0 Å². The highest BCUT2D eigenvalue weighted by molar-refractivity contribution is 5.56. The number of hydrogen-bond acceptors (Lipinski definition) is 4. The fourth-order valence-electron chi connectivity index (χ4n) is 2.19. The second-order valence-corrected chi connectivity index (χ2v) is 4.80. The van der Waals surface area contributed by atoms with Crippen LogP contribution >= 0.6 is 0 Å². The highest BCUT2D eigenvalue weighted by Gasteiger charge is 2.25. The van der Waals surface area contributed by atoms with Gasteiger partial charge in [-0.2, -0.15) is 0 Å². The second-order valence-electron chi connectivity index (χ2n) is 4.80. The molecule has 2 N–H and O–H groups in total. The zero-order chi connectivity index (χ0) is 12.3. The molecule has 94 valence electrons. The molecule has 4 heteroatoms. The van der Waals surface area contributed by atoms with E-state index in [1.165, 1.54) is 12.8 Å². The first-order valence-corrected chi connectivity index (χ1v) is 6.60. The lowest BCUT2D eigenvalue weighted by Gasteiger charge is -2.25. The van der Waals surface area contributed by atoms with Crippen molar-refractivity contribution >= 4 is 11.6 Å². The molecule has 0 saturated heterocycles. The number of anilines is 2. The predicted molar refractivity (Wildman–Crippen MR) is 71.1 cm³/mol. The van der Waals surface area contributed by atoms with Gasteiger partial charge in [0, 0.05) is 18.7 Å². The minimum Gasteiger partial charge on any atom is -0.383 e. The molecule has 0 unspecified atom stereocenters. The lowest BCUT2D eigenvalue weighted by atomic mass is 10.2. The normalized spacial score (nSPS) is 14.9. The Kier molecular flexibility index (Phi) is 3.82. The summed E-state index contributed by atoms with van der Waals surface area (Å²) < 4.78 is 0. The Morgan fingerprint density at radius 2 is 2.12 bits per heavy atom. The van der Waals surface area contributed by atoms with E-state index in [9.17, 15) is 0 Å². The molecule has 1 fully saturated rings. The van der Waals surface area contributed by atoms with Crippen LogP contribution in [-0.4, -0.2) is 23.1 Å². The molecule has 17 heavy (non-hydrogen) atoms. The van der Waals surface area contributed by atoms with Crippen molar-refractivity contribution in [3.63, 3.8) is 0 Å². The van der Waals surface area contributed by atoms with Gasteiger partial charge in [0.05, 0.1) is 0 Å². The molecular weight excluding hydrogens is 212 g/mol. The van der Waals surface area contributed by atoms with E-state index in [2.05, 4.69) is 28.7 Å². The van der Waals surface area contributed by atoms with E-state index < -0.39 is 0 Å². The van der Waals surface area contributed by atoms with E-state index in [0.29, 0.717) is 5.82 Å². The molecule has 1 aliphatic carbocycles. The Morgan fingerprint density at radius 1 is 1.35 bits per heavy atom. The predicted octanol–water partition coefficient (Wildman–Crippen LogP) is 2.25. The lowest BCUT2D eigenvalue weighted by Crippen LogP contribution is -2.29. The van der Waals surface area contributed by atoms with Gasteiger partial charge >= 0.3 is 0 Å². The highest BCUT2D eigenvalue weighted by Crippen LogP contribution is 2.32. The summed E-state index contributed by atoms with van der Waals surface area (Å²) in [6.45, 7) is 6.49. The van der Waals surface area contributed by atoms with E-state index in [-0.39, 0.29) is 0 Å². The van der Waals surface area contributed by atoms with Gasteiger partial charge in [0.25, 0.3) is 0 Å². The van der Waals surface area contributed by atoms with Crippen molar-refractivity contribution in [3.05, 3.63) is 11.9 Å². The van der Waals surface area contributed by atoms with Crippen molar-refractivity contribution in [3.8, 4) is 0 Å². The summed E-state index contributed by atoms with van der Waals surface area (Å²) in [7, 11) is 0. The van der Waals surface area contributed by atoms with Crippen LogP contribution in [0.1, 0.15) is 38.7 Å². The third-order valence-corrected chi connectivity index (χ3v) is 3.28. The third kappa shape index (κ3) is 2.87. The summed E-state index contributed by atoms with van der Waals surface area (Å²) in [4.78, 5) is 10.9. The number of hydrogen-bond donors (Lipinski definition) is 1. The van der Waals surface area contributed by atoms with Crippen molar-refractivity contribution in [1.29, 1.82) is 0 Å². The van der Waals surface area contributed by atoms with Gasteiger partial charge < -0.3 is 10.6 Å². The molecule has 1 aromatic heterocycles. The van der Waals surface area contributed by atoms with E-state index in [0.717, 1.165) is 43.2 Å². The van der Waals surface area contributed by atoms with Gasteiger partial charge in [0.2, 0.25) is 0 Å². The molecule has 2 rings (SSSR count). The summed E-state index contributed by atoms with van der Waals surface area (Å²) in [6.07, 6.45) is 6.34. The fourth-order valence-corrected chi connectivity index (χ4v) is 2.19. The molecule has 1 aliphatic rings. The summed E-state index contributed by atoms with van der Waals surface area (Å²) in [5, 5.41) is 0. The number of rotatable bonds is 6. The van der Waals surface area contributed by atoms with Crippen molar-refractivity contribution < 1.29 is 0 Å². The topological polar surface area (TPSA) is 55.0 Å². The molecule has 0 aliphatic heterocycles. The largest absolute Gasteiger partial charge is 0.383 e. The van der Waals surface area contributed by atoms with Crippen molar-refractivity contribution in [2.24, 2.45) is 5.92 Å². The Hall–Kier alpha value is -1.32. The van der Waals surface area contributed by atoms with Gasteiger partial charge in [-0.25, -0.2) is 9.97 Å². The first kappa shape index (κ1) is 12.1.